The molecule has 1 aromatic rings. The molecule has 0 N–H and O–H groups in total. The number of benzene rings is 1. The summed E-state index contributed by atoms with van der Waals surface area (Å²) in [6.45, 7) is 2.00. The van der Waals surface area contributed by atoms with Crippen LogP contribution in [-0.4, -0.2) is 13.1 Å². The molecule has 1 aromatic carbocycles. The quantitative estimate of drug-likeness (QED) is 0.662. The van der Waals surface area contributed by atoms with Gasteiger partial charge in [0.1, 0.15) is 5.82 Å². The van der Waals surface area contributed by atoms with Crippen LogP contribution >= 0.6 is 0 Å². The maximum absolute atomic E-state index is 13.5. The van der Waals surface area contributed by atoms with E-state index >= 15 is 0 Å². The Morgan fingerprint density at radius 2 is 1.57 bits per heavy atom. The van der Waals surface area contributed by atoms with Crippen molar-refractivity contribution >= 4 is 5.69 Å². The van der Waals surface area contributed by atoms with Gasteiger partial charge in [0.2, 0.25) is 0 Å². The smallest absolute Gasteiger partial charge is 0.146 e. The highest BCUT2D eigenvalue weighted by Gasteiger charge is 2.12. The number of para-hydroxylation sites is 1. The van der Waals surface area contributed by atoms with E-state index in [0.29, 0.717) is 0 Å². The van der Waals surface area contributed by atoms with Gasteiger partial charge >= 0.3 is 0 Å². The summed E-state index contributed by atoms with van der Waals surface area (Å²) in [4.78, 5) is 2.17. The fourth-order valence-corrected chi connectivity index (χ4v) is 2.02. The van der Waals surface area contributed by atoms with Gasteiger partial charge in [-0.2, -0.15) is 0 Å². The van der Waals surface area contributed by atoms with Gasteiger partial charge in [-0.25, -0.2) is 4.39 Å². The van der Waals surface area contributed by atoms with Crippen molar-refractivity contribution in [2.24, 2.45) is 0 Å². The Balaban J connectivity index is 2.16. The number of hydrogen-bond acceptors (Lipinski definition) is 1. The molecule has 76 valence electrons. The second-order valence-electron chi connectivity index (χ2n) is 3.85. The third kappa shape index (κ3) is 2.06. The van der Waals surface area contributed by atoms with Gasteiger partial charge in [0, 0.05) is 13.1 Å². The lowest BCUT2D eigenvalue weighted by atomic mass is 10.2. The molecular weight excluding hydrogens is 177 g/mol. The Morgan fingerprint density at radius 3 is 2.21 bits per heavy atom. The van der Waals surface area contributed by atoms with Crippen molar-refractivity contribution in [3.05, 3.63) is 30.1 Å². The Morgan fingerprint density at radius 1 is 0.929 bits per heavy atom. The summed E-state index contributed by atoms with van der Waals surface area (Å²) < 4.78 is 13.5. The van der Waals surface area contributed by atoms with Crippen LogP contribution in [0.3, 0.4) is 0 Å². The predicted octanol–water partition coefficient (Wildman–Crippen LogP) is 3.21. The molecule has 14 heavy (non-hydrogen) atoms. The molecule has 0 atom stereocenters. The van der Waals surface area contributed by atoms with Gasteiger partial charge in [0.05, 0.1) is 5.69 Å². The first-order valence-corrected chi connectivity index (χ1v) is 5.37. The molecule has 0 spiro atoms. The minimum atomic E-state index is -0.0885. The van der Waals surface area contributed by atoms with Crippen molar-refractivity contribution in [3.63, 3.8) is 0 Å². The summed E-state index contributed by atoms with van der Waals surface area (Å²) >= 11 is 0. The number of hydrogen-bond donors (Lipinski definition) is 0. The summed E-state index contributed by atoms with van der Waals surface area (Å²) in [5, 5.41) is 0. The number of rotatable bonds is 1. The SMILES string of the molecule is Fc1ccccc1N1CCCCCC1. The van der Waals surface area contributed by atoms with Gasteiger partial charge < -0.3 is 4.90 Å². The fourth-order valence-electron chi connectivity index (χ4n) is 2.02. The van der Waals surface area contributed by atoms with Crippen LogP contribution in [0.2, 0.25) is 0 Å². The molecule has 2 heteroatoms. The fraction of sp³-hybridized carbons (Fsp3) is 0.500. The van der Waals surface area contributed by atoms with E-state index in [0.717, 1.165) is 18.8 Å². The predicted molar refractivity (Wildman–Crippen MR) is 57.1 cm³/mol. The molecule has 1 saturated heterocycles. The van der Waals surface area contributed by atoms with Crippen LogP contribution in [0, 0.1) is 5.82 Å². The Labute approximate surface area is 84.5 Å². The summed E-state index contributed by atoms with van der Waals surface area (Å²) in [6.07, 6.45) is 4.94. The molecule has 0 aromatic heterocycles. The molecule has 1 heterocycles. The van der Waals surface area contributed by atoms with E-state index < -0.39 is 0 Å². The van der Waals surface area contributed by atoms with Gasteiger partial charge in [-0.3, -0.25) is 0 Å². The van der Waals surface area contributed by atoms with E-state index in [-0.39, 0.29) is 5.82 Å². The first-order valence-electron chi connectivity index (χ1n) is 5.37. The summed E-state index contributed by atoms with van der Waals surface area (Å²) in [7, 11) is 0. The molecule has 1 nitrogen and oxygen atoms in total. The van der Waals surface area contributed by atoms with Crippen LogP contribution in [0.15, 0.2) is 24.3 Å². The number of nitrogens with zero attached hydrogens (tertiary/aromatic N) is 1. The normalized spacial score (nSPS) is 17.9. The first-order chi connectivity index (χ1) is 6.88. The second kappa shape index (κ2) is 4.45. The molecule has 0 saturated carbocycles. The van der Waals surface area contributed by atoms with Crippen LogP contribution in [0.1, 0.15) is 25.7 Å². The van der Waals surface area contributed by atoms with Crippen LogP contribution in [0.4, 0.5) is 10.1 Å². The Hall–Kier alpha value is -1.05. The minimum Gasteiger partial charge on any atom is -0.369 e. The zero-order valence-corrected chi connectivity index (χ0v) is 8.38. The highest BCUT2D eigenvalue weighted by atomic mass is 19.1. The minimum absolute atomic E-state index is 0.0885. The lowest BCUT2D eigenvalue weighted by Gasteiger charge is -2.22. The second-order valence-corrected chi connectivity index (χ2v) is 3.85. The van der Waals surface area contributed by atoms with Crippen molar-refractivity contribution < 1.29 is 4.39 Å². The maximum Gasteiger partial charge on any atom is 0.146 e. The molecule has 1 aliphatic rings. The van der Waals surface area contributed by atoms with Gasteiger partial charge in [0.25, 0.3) is 0 Å². The van der Waals surface area contributed by atoms with E-state index in [4.69, 9.17) is 0 Å². The van der Waals surface area contributed by atoms with Crippen molar-refractivity contribution in [2.45, 2.75) is 25.7 Å². The monoisotopic (exact) mass is 193 g/mol. The van der Waals surface area contributed by atoms with Crippen molar-refractivity contribution in [3.8, 4) is 0 Å². The van der Waals surface area contributed by atoms with Gasteiger partial charge in [-0.1, -0.05) is 25.0 Å². The van der Waals surface area contributed by atoms with Crippen molar-refractivity contribution in [1.29, 1.82) is 0 Å². The Kier molecular flexibility index (Phi) is 3.02. The molecule has 0 unspecified atom stereocenters. The lowest BCUT2D eigenvalue weighted by Crippen LogP contribution is -2.24. The molecule has 0 amide bonds. The average molecular weight is 193 g/mol. The molecular formula is C12H16FN. The highest BCUT2D eigenvalue weighted by Crippen LogP contribution is 2.21. The summed E-state index contributed by atoms with van der Waals surface area (Å²) in [5.74, 6) is -0.0885. The van der Waals surface area contributed by atoms with Crippen LogP contribution in [-0.2, 0) is 0 Å². The summed E-state index contributed by atoms with van der Waals surface area (Å²) in [5.41, 5.74) is 0.773. The molecule has 0 aliphatic carbocycles. The molecule has 2 rings (SSSR count). The van der Waals surface area contributed by atoms with Crippen LogP contribution in [0.25, 0.3) is 0 Å². The lowest BCUT2D eigenvalue weighted by molar-refractivity contribution is 0.617. The number of anilines is 1. The van der Waals surface area contributed by atoms with E-state index in [2.05, 4.69) is 4.90 Å². The van der Waals surface area contributed by atoms with Gasteiger partial charge in [0.15, 0.2) is 0 Å². The molecule has 0 radical (unpaired) electrons. The third-order valence-electron chi connectivity index (χ3n) is 2.80. The largest absolute Gasteiger partial charge is 0.369 e. The van der Waals surface area contributed by atoms with Crippen LogP contribution in [0.5, 0.6) is 0 Å². The van der Waals surface area contributed by atoms with Crippen molar-refractivity contribution in [1.82, 2.24) is 0 Å². The summed E-state index contributed by atoms with van der Waals surface area (Å²) in [6, 6.07) is 7.07. The number of halogens is 1. The van der Waals surface area contributed by atoms with Gasteiger partial charge in [-0.05, 0) is 25.0 Å². The molecule has 0 bridgehead atoms. The molecule has 1 fully saturated rings. The topological polar surface area (TPSA) is 3.24 Å². The zero-order chi connectivity index (χ0) is 9.80. The van der Waals surface area contributed by atoms with E-state index in [1.165, 1.54) is 25.7 Å². The Bertz CT molecular complexity index is 290. The zero-order valence-electron chi connectivity index (χ0n) is 8.38. The average Bonchev–Trinajstić information content (AvgIpc) is 2.47. The standard InChI is InChI=1S/C12H16FN/c13-11-7-3-4-8-12(11)14-9-5-1-2-6-10-14/h3-4,7-8H,1-2,5-6,9-10H2. The van der Waals surface area contributed by atoms with Crippen LogP contribution < -0.4 is 4.90 Å². The first kappa shape index (κ1) is 9.50. The van der Waals surface area contributed by atoms with Crippen molar-refractivity contribution in [2.75, 3.05) is 18.0 Å². The van der Waals surface area contributed by atoms with E-state index in [9.17, 15) is 4.39 Å². The van der Waals surface area contributed by atoms with E-state index in [1.54, 1.807) is 12.1 Å². The van der Waals surface area contributed by atoms with E-state index in [1.807, 2.05) is 12.1 Å². The van der Waals surface area contributed by atoms with Gasteiger partial charge in [-0.15, -0.1) is 0 Å². The maximum atomic E-state index is 13.5. The third-order valence-corrected chi connectivity index (χ3v) is 2.80. The molecule has 1 aliphatic heterocycles. The highest BCUT2D eigenvalue weighted by molar-refractivity contribution is 5.47.